The summed E-state index contributed by atoms with van der Waals surface area (Å²) in [4.78, 5) is 18.3. The SMILES string of the molecule is COc1ccc(C(=O)n2c(-c3ccc(OC)cc3)nc3c2CC(C)(C)OC3)cc1. The Morgan fingerprint density at radius 3 is 2.17 bits per heavy atom. The van der Waals surface area contributed by atoms with Gasteiger partial charge in [-0.25, -0.2) is 4.98 Å². The second kappa shape index (κ2) is 7.37. The van der Waals surface area contributed by atoms with Crippen LogP contribution in [0.1, 0.15) is 35.6 Å². The molecule has 0 spiro atoms. The lowest BCUT2D eigenvalue weighted by Gasteiger charge is -2.30. The Hall–Kier alpha value is -3.12. The van der Waals surface area contributed by atoms with Crippen LogP contribution in [0.4, 0.5) is 0 Å². The Kier molecular flexibility index (Phi) is 4.88. The summed E-state index contributed by atoms with van der Waals surface area (Å²) >= 11 is 0. The van der Waals surface area contributed by atoms with Crippen LogP contribution in [0.25, 0.3) is 11.4 Å². The van der Waals surface area contributed by atoms with Crippen molar-refractivity contribution >= 4 is 5.91 Å². The predicted octanol–water partition coefficient (Wildman–Crippen LogP) is 4.11. The Balaban J connectivity index is 1.84. The number of ether oxygens (including phenoxy) is 3. The first kappa shape index (κ1) is 19.2. The van der Waals surface area contributed by atoms with Crippen molar-refractivity contribution in [1.82, 2.24) is 9.55 Å². The van der Waals surface area contributed by atoms with Gasteiger partial charge in [0.05, 0.1) is 37.8 Å². The number of aromatic nitrogens is 2. The second-order valence-electron chi connectivity index (χ2n) is 7.65. The molecule has 0 N–H and O–H groups in total. The number of carbonyl (C=O) groups excluding carboxylic acids is 1. The highest BCUT2D eigenvalue weighted by Gasteiger charge is 2.33. The topological polar surface area (TPSA) is 62.6 Å². The summed E-state index contributed by atoms with van der Waals surface area (Å²) in [5.41, 5.74) is 2.76. The summed E-state index contributed by atoms with van der Waals surface area (Å²) in [5, 5.41) is 0. The smallest absolute Gasteiger partial charge is 0.263 e. The minimum Gasteiger partial charge on any atom is -0.497 e. The van der Waals surface area contributed by atoms with Gasteiger partial charge in [0.15, 0.2) is 0 Å². The van der Waals surface area contributed by atoms with E-state index in [9.17, 15) is 4.79 Å². The highest BCUT2D eigenvalue weighted by atomic mass is 16.5. The summed E-state index contributed by atoms with van der Waals surface area (Å²) in [7, 11) is 3.23. The van der Waals surface area contributed by atoms with E-state index in [0.717, 1.165) is 22.7 Å². The maximum atomic E-state index is 13.5. The molecule has 6 heteroatoms. The van der Waals surface area contributed by atoms with Gasteiger partial charge in [0.1, 0.15) is 17.3 Å². The van der Waals surface area contributed by atoms with E-state index in [1.54, 1.807) is 43.1 Å². The summed E-state index contributed by atoms with van der Waals surface area (Å²) in [5.74, 6) is 1.95. The first-order valence-corrected chi connectivity index (χ1v) is 9.49. The summed E-state index contributed by atoms with van der Waals surface area (Å²) in [6.07, 6.45) is 0.605. The number of imidazole rings is 1. The van der Waals surface area contributed by atoms with Gasteiger partial charge in [-0.1, -0.05) is 0 Å². The average Bonchev–Trinajstić information content (AvgIpc) is 3.10. The molecule has 2 heterocycles. The van der Waals surface area contributed by atoms with Gasteiger partial charge in [-0.3, -0.25) is 9.36 Å². The molecule has 0 fully saturated rings. The molecular weight excluding hydrogens is 368 g/mol. The number of hydrogen-bond donors (Lipinski definition) is 0. The number of benzene rings is 2. The van der Waals surface area contributed by atoms with E-state index in [4.69, 9.17) is 19.2 Å². The molecule has 3 aromatic rings. The summed E-state index contributed by atoms with van der Waals surface area (Å²) < 4.78 is 18.1. The van der Waals surface area contributed by atoms with E-state index >= 15 is 0 Å². The molecule has 0 saturated heterocycles. The van der Waals surface area contributed by atoms with Crippen LogP contribution in [0.3, 0.4) is 0 Å². The molecule has 0 bridgehead atoms. The number of rotatable bonds is 4. The lowest BCUT2D eigenvalue weighted by Crippen LogP contribution is -2.34. The molecule has 1 aliphatic rings. The largest absolute Gasteiger partial charge is 0.497 e. The van der Waals surface area contributed by atoms with E-state index in [1.165, 1.54) is 0 Å². The van der Waals surface area contributed by atoms with Crippen molar-refractivity contribution in [2.45, 2.75) is 32.5 Å². The maximum absolute atomic E-state index is 13.5. The third-order valence-electron chi connectivity index (χ3n) is 5.14. The van der Waals surface area contributed by atoms with E-state index < -0.39 is 0 Å². The average molecular weight is 392 g/mol. The van der Waals surface area contributed by atoms with E-state index in [2.05, 4.69) is 0 Å². The fourth-order valence-corrected chi connectivity index (χ4v) is 3.53. The van der Waals surface area contributed by atoms with Gasteiger partial charge in [-0.05, 0) is 62.4 Å². The first-order valence-electron chi connectivity index (χ1n) is 9.49. The molecule has 1 aromatic heterocycles. The normalized spacial score (nSPS) is 14.9. The fraction of sp³-hybridized carbons (Fsp3) is 0.304. The fourth-order valence-electron chi connectivity index (χ4n) is 3.53. The van der Waals surface area contributed by atoms with Crippen LogP contribution in [0, 0.1) is 0 Å². The van der Waals surface area contributed by atoms with Gasteiger partial charge in [-0.2, -0.15) is 0 Å². The van der Waals surface area contributed by atoms with Crippen molar-refractivity contribution in [2.75, 3.05) is 14.2 Å². The highest BCUT2D eigenvalue weighted by molar-refractivity contribution is 5.99. The molecule has 0 atom stereocenters. The van der Waals surface area contributed by atoms with Crippen molar-refractivity contribution in [3.63, 3.8) is 0 Å². The number of methoxy groups -OCH3 is 2. The van der Waals surface area contributed by atoms with Crippen molar-refractivity contribution in [3.8, 4) is 22.9 Å². The lowest BCUT2D eigenvalue weighted by atomic mass is 9.98. The molecule has 150 valence electrons. The Bertz CT molecular complexity index is 1030. The first-order chi connectivity index (χ1) is 13.9. The van der Waals surface area contributed by atoms with Crippen LogP contribution < -0.4 is 9.47 Å². The lowest BCUT2D eigenvalue weighted by molar-refractivity contribution is -0.0428. The Morgan fingerprint density at radius 1 is 1.00 bits per heavy atom. The highest BCUT2D eigenvalue weighted by Crippen LogP contribution is 2.33. The van der Waals surface area contributed by atoms with Crippen LogP contribution in [0.2, 0.25) is 0 Å². The molecular formula is C23H24N2O4. The second-order valence-corrected chi connectivity index (χ2v) is 7.65. The minimum atomic E-state index is -0.359. The van der Waals surface area contributed by atoms with Gasteiger partial charge < -0.3 is 14.2 Å². The van der Waals surface area contributed by atoms with Crippen LogP contribution in [-0.2, 0) is 17.8 Å². The minimum absolute atomic E-state index is 0.120. The van der Waals surface area contributed by atoms with Crippen molar-refractivity contribution in [2.24, 2.45) is 0 Å². The van der Waals surface area contributed by atoms with E-state index in [1.807, 2.05) is 38.1 Å². The quantitative estimate of drug-likeness (QED) is 0.669. The van der Waals surface area contributed by atoms with E-state index in [-0.39, 0.29) is 11.5 Å². The summed E-state index contributed by atoms with van der Waals surface area (Å²) in [6.45, 7) is 4.44. The molecule has 0 aliphatic carbocycles. The van der Waals surface area contributed by atoms with Crippen molar-refractivity contribution < 1.29 is 19.0 Å². The van der Waals surface area contributed by atoms with Gasteiger partial charge >= 0.3 is 0 Å². The number of carbonyl (C=O) groups is 1. The molecule has 6 nitrogen and oxygen atoms in total. The standard InChI is InChI=1S/C23H24N2O4/c1-23(2)13-20-19(14-29-23)24-21(15-5-9-17(27-3)10-6-15)25(20)22(26)16-7-11-18(28-4)12-8-16/h5-12H,13-14H2,1-4H3. The van der Waals surface area contributed by atoms with Crippen molar-refractivity contribution in [3.05, 3.63) is 65.5 Å². The monoisotopic (exact) mass is 392 g/mol. The Labute approximate surface area is 170 Å². The Morgan fingerprint density at radius 2 is 1.59 bits per heavy atom. The van der Waals surface area contributed by atoms with Gasteiger partial charge in [-0.15, -0.1) is 0 Å². The molecule has 0 saturated carbocycles. The third kappa shape index (κ3) is 3.63. The van der Waals surface area contributed by atoms with Crippen molar-refractivity contribution in [1.29, 1.82) is 0 Å². The van der Waals surface area contributed by atoms with Crippen LogP contribution >= 0.6 is 0 Å². The van der Waals surface area contributed by atoms with Crippen LogP contribution in [-0.4, -0.2) is 35.3 Å². The predicted molar refractivity (Wildman–Crippen MR) is 110 cm³/mol. The zero-order valence-electron chi connectivity index (χ0n) is 17.1. The summed E-state index contributed by atoms with van der Waals surface area (Å²) in [6, 6.07) is 14.7. The molecule has 29 heavy (non-hydrogen) atoms. The third-order valence-corrected chi connectivity index (χ3v) is 5.14. The molecule has 0 radical (unpaired) electrons. The molecule has 0 unspecified atom stereocenters. The van der Waals surface area contributed by atoms with E-state index in [0.29, 0.717) is 30.2 Å². The maximum Gasteiger partial charge on any atom is 0.263 e. The van der Waals surface area contributed by atoms with Gasteiger partial charge in [0.25, 0.3) is 5.91 Å². The number of fused-ring (bicyclic) bond motifs is 1. The van der Waals surface area contributed by atoms with Crippen LogP contribution in [0.5, 0.6) is 11.5 Å². The van der Waals surface area contributed by atoms with Gasteiger partial charge in [0, 0.05) is 17.5 Å². The molecule has 2 aromatic carbocycles. The molecule has 4 rings (SSSR count). The zero-order chi connectivity index (χ0) is 20.6. The number of nitrogens with zero attached hydrogens (tertiary/aromatic N) is 2. The molecule has 0 amide bonds. The zero-order valence-corrected chi connectivity index (χ0v) is 17.1. The number of hydrogen-bond acceptors (Lipinski definition) is 5. The van der Waals surface area contributed by atoms with Crippen LogP contribution in [0.15, 0.2) is 48.5 Å². The molecule has 1 aliphatic heterocycles. The van der Waals surface area contributed by atoms with Gasteiger partial charge in [0.2, 0.25) is 0 Å².